The van der Waals surface area contributed by atoms with Crippen molar-refractivity contribution in [2.24, 2.45) is 0 Å². The first-order valence-corrected chi connectivity index (χ1v) is 10.8. The predicted molar refractivity (Wildman–Crippen MR) is 133 cm³/mol. The second-order valence-electron chi connectivity index (χ2n) is 6.93. The molecule has 36 heavy (non-hydrogen) atoms. The van der Waals surface area contributed by atoms with Crippen LogP contribution in [0.15, 0.2) is 42.7 Å². The molecule has 0 aliphatic rings. The van der Waals surface area contributed by atoms with Gasteiger partial charge in [-0.05, 0) is 36.4 Å². The van der Waals surface area contributed by atoms with Gasteiger partial charge in [-0.15, -0.1) is 0 Å². The molecule has 12 nitrogen and oxygen atoms in total. The molecule has 0 aliphatic heterocycles. The maximum Gasteiger partial charge on any atom is 0.337 e. The van der Waals surface area contributed by atoms with Crippen LogP contribution in [0.4, 0.5) is 23.0 Å². The van der Waals surface area contributed by atoms with Gasteiger partial charge in [0.2, 0.25) is 0 Å². The van der Waals surface area contributed by atoms with Crippen LogP contribution >= 0.6 is 23.2 Å². The highest BCUT2D eigenvalue weighted by atomic mass is 35.5. The molecule has 0 unspecified atom stereocenters. The zero-order chi connectivity index (χ0) is 26.2. The largest absolute Gasteiger partial charge is 0.482 e. The molecule has 0 atom stereocenters. The van der Waals surface area contributed by atoms with E-state index in [1.807, 2.05) is 0 Å². The van der Waals surface area contributed by atoms with Crippen LogP contribution in [0.1, 0.15) is 20.7 Å². The number of ether oxygens (including phenoxy) is 3. The maximum atomic E-state index is 12.2. The van der Waals surface area contributed by atoms with E-state index in [-0.39, 0.29) is 45.8 Å². The van der Waals surface area contributed by atoms with Gasteiger partial charge >= 0.3 is 11.9 Å². The number of carbonyl (C=O) groups excluding carboxylic acids is 3. The topological polar surface area (TPSA) is 167 Å². The molecule has 3 rings (SSSR count). The molecular formula is C22H20Cl2N6O6. The third-order valence-electron chi connectivity index (χ3n) is 4.49. The van der Waals surface area contributed by atoms with Crippen molar-refractivity contribution in [1.82, 2.24) is 15.4 Å². The fraction of sp³-hybridized carbons (Fsp3) is 0.136. The Morgan fingerprint density at radius 1 is 0.944 bits per heavy atom. The molecule has 14 heteroatoms. The molecule has 0 fully saturated rings. The molecule has 1 heterocycles. The molecule has 0 bridgehead atoms. The summed E-state index contributed by atoms with van der Waals surface area (Å²) in [6.45, 7) is -0.360. The molecule has 1 amide bonds. The molecule has 0 saturated carbocycles. The van der Waals surface area contributed by atoms with Crippen LogP contribution in [0.3, 0.4) is 0 Å². The maximum absolute atomic E-state index is 12.2. The van der Waals surface area contributed by atoms with Crippen molar-refractivity contribution in [3.63, 3.8) is 0 Å². The molecule has 0 spiro atoms. The number of esters is 2. The summed E-state index contributed by atoms with van der Waals surface area (Å²) in [6.07, 6.45) is 1.18. The summed E-state index contributed by atoms with van der Waals surface area (Å²) < 4.78 is 14.8. The van der Waals surface area contributed by atoms with Gasteiger partial charge in [-0.2, -0.15) is 0 Å². The zero-order valence-electron chi connectivity index (χ0n) is 18.9. The number of nitrogens with one attached hydrogen (secondary N) is 3. The number of carbonyl (C=O) groups is 3. The Labute approximate surface area is 215 Å². The number of aromatic nitrogens is 2. The molecule has 0 aliphatic carbocycles. The molecular weight excluding hydrogens is 515 g/mol. The molecule has 1 aromatic heterocycles. The van der Waals surface area contributed by atoms with Crippen molar-refractivity contribution in [2.75, 3.05) is 37.3 Å². The minimum absolute atomic E-state index is 0.0301. The third kappa shape index (κ3) is 6.64. The number of hydrazine groups is 1. The van der Waals surface area contributed by atoms with Crippen molar-refractivity contribution >= 4 is 64.1 Å². The number of hydrogen-bond acceptors (Lipinski definition) is 11. The van der Waals surface area contributed by atoms with E-state index in [2.05, 4.69) is 26.1 Å². The number of rotatable bonds is 9. The number of methoxy groups -OCH3 is 2. The number of anilines is 4. The smallest absolute Gasteiger partial charge is 0.337 e. The summed E-state index contributed by atoms with van der Waals surface area (Å²) in [5.41, 5.74) is 11.6. The van der Waals surface area contributed by atoms with Crippen LogP contribution in [0.5, 0.6) is 5.75 Å². The number of nitrogens with two attached hydrogens (primary N) is 1. The quantitative estimate of drug-likeness (QED) is 0.235. The van der Waals surface area contributed by atoms with Crippen molar-refractivity contribution in [2.45, 2.75) is 0 Å². The van der Waals surface area contributed by atoms with E-state index >= 15 is 0 Å². The van der Waals surface area contributed by atoms with Crippen molar-refractivity contribution in [3.05, 3.63) is 63.9 Å². The lowest BCUT2D eigenvalue weighted by atomic mass is 10.1. The first-order valence-electron chi connectivity index (χ1n) is 10.0. The SMILES string of the molecule is COC(=O)c1cc(Nc2ncnc(NNC(=O)COc3ccc(Cl)cc3Cl)c2N)cc(C(=O)OC)c1. The van der Waals surface area contributed by atoms with Gasteiger partial charge < -0.3 is 25.3 Å². The fourth-order valence-electron chi connectivity index (χ4n) is 2.80. The predicted octanol–water partition coefficient (Wildman–Crippen LogP) is 3.20. The summed E-state index contributed by atoms with van der Waals surface area (Å²) in [6, 6.07) is 8.80. The van der Waals surface area contributed by atoms with Gasteiger partial charge in [0.25, 0.3) is 5.91 Å². The summed E-state index contributed by atoms with van der Waals surface area (Å²) in [5.74, 6) is -1.39. The Hall–Kier alpha value is -4.29. The lowest BCUT2D eigenvalue weighted by molar-refractivity contribution is -0.122. The molecule has 0 radical (unpaired) electrons. The average molecular weight is 535 g/mol. The van der Waals surface area contributed by atoms with Crippen LogP contribution in [-0.2, 0) is 14.3 Å². The average Bonchev–Trinajstić information content (AvgIpc) is 2.87. The second kappa shape index (κ2) is 11.9. The van der Waals surface area contributed by atoms with Crippen LogP contribution in [0.2, 0.25) is 10.0 Å². The van der Waals surface area contributed by atoms with Gasteiger partial charge in [-0.25, -0.2) is 19.6 Å². The standard InChI is InChI=1S/C22H20Cl2N6O6/c1-34-21(32)11-5-12(22(33)35-2)7-14(6-11)28-19-18(25)20(27-10-26-19)30-29-17(31)9-36-16-4-3-13(23)8-15(16)24/h3-8,10H,9,25H2,1-2H3,(H,29,31)(H2,26,27,28,30). The van der Waals surface area contributed by atoms with E-state index in [0.29, 0.717) is 10.7 Å². The zero-order valence-corrected chi connectivity index (χ0v) is 20.4. The van der Waals surface area contributed by atoms with Crippen LogP contribution in [0, 0.1) is 0 Å². The number of nitrogens with zero attached hydrogens (tertiary/aromatic N) is 2. The first kappa shape index (κ1) is 26.3. The van der Waals surface area contributed by atoms with Gasteiger partial charge in [0.15, 0.2) is 18.2 Å². The number of halogens is 2. The highest BCUT2D eigenvalue weighted by Gasteiger charge is 2.16. The van der Waals surface area contributed by atoms with Crippen LogP contribution < -0.4 is 26.6 Å². The molecule has 0 saturated heterocycles. The Kier molecular flexibility index (Phi) is 8.71. The van der Waals surface area contributed by atoms with Gasteiger partial charge in [0.1, 0.15) is 17.8 Å². The summed E-state index contributed by atoms with van der Waals surface area (Å²) in [4.78, 5) is 44.2. The van der Waals surface area contributed by atoms with Crippen LogP contribution in [0.25, 0.3) is 0 Å². The third-order valence-corrected chi connectivity index (χ3v) is 5.03. The monoisotopic (exact) mass is 534 g/mol. The molecule has 2 aromatic carbocycles. The molecule has 3 aromatic rings. The first-order chi connectivity index (χ1) is 17.2. The molecule has 188 valence electrons. The number of benzene rings is 2. The number of nitrogen functional groups attached to an aromatic ring is 1. The number of amides is 1. The van der Waals surface area contributed by atoms with Gasteiger partial charge in [-0.1, -0.05) is 23.2 Å². The van der Waals surface area contributed by atoms with Crippen LogP contribution in [-0.4, -0.2) is 48.6 Å². The van der Waals surface area contributed by atoms with Crippen molar-refractivity contribution in [3.8, 4) is 5.75 Å². The minimum atomic E-state index is -0.661. The summed E-state index contributed by atoms with van der Waals surface area (Å²) in [5, 5.41) is 3.59. The van der Waals surface area contributed by atoms with Crippen molar-refractivity contribution in [1.29, 1.82) is 0 Å². The van der Waals surface area contributed by atoms with E-state index in [4.69, 9.17) is 43.1 Å². The van der Waals surface area contributed by atoms with E-state index < -0.39 is 17.8 Å². The van der Waals surface area contributed by atoms with E-state index in [9.17, 15) is 14.4 Å². The number of hydrogen-bond donors (Lipinski definition) is 4. The Bertz CT molecular complexity index is 1270. The highest BCUT2D eigenvalue weighted by molar-refractivity contribution is 6.35. The highest BCUT2D eigenvalue weighted by Crippen LogP contribution is 2.28. The Morgan fingerprint density at radius 2 is 1.58 bits per heavy atom. The van der Waals surface area contributed by atoms with Gasteiger partial charge in [-0.3, -0.25) is 15.6 Å². The fourth-order valence-corrected chi connectivity index (χ4v) is 3.27. The normalized spacial score (nSPS) is 10.2. The van der Waals surface area contributed by atoms with Crippen molar-refractivity contribution < 1.29 is 28.6 Å². The Morgan fingerprint density at radius 3 is 2.19 bits per heavy atom. The van der Waals surface area contributed by atoms with Gasteiger partial charge in [0.05, 0.1) is 30.4 Å². The lowest BCUT2D eigenvalue weighted by Crippen LogP contribution is -2.34. The van der Waals surface area contributed by atoms with E-state index in [1.165, 1.54) is 50.9 Å². The van der Waals surface area contributed by atoms with E-state index in [0.717, 1.165) is 0 Å². The van der Waals surface area contributed by atoms with Gasteiger partial charge in [0, 0.05) is 10.7 Å². The lowest BCUT2D eigenvalue weighted by Gasteiger charge is -2.14. The Balaban J connectivity index is 1.70. The minimum Gasteiger partial charge on any atom is -0.482 e. The second-order valence-corrected chi connectivity index (χ2v) is 7.77. The summed E-state index contributed by atoms with van der Waals surface area (Å²) in [7, 11) is 2.42. The summed E-state index contributed by atoms with van der Waals surface area (Å²) >= 11 is 11.8. The van der Waals surface area contributed by atoms with E-state index in [1.54, 1.807) is 6.07 Å². The molecule has 5 N–H and O–H groups in total.